The number of aromatic nitrogens is 1. The third kappa shape index (κ3) is 8.87. The molecule has 2 nitrogen and oxygen atoms in total. The molecule has 0 radical (unpaired) electrons. The Balaban J connectivity index is 0. The molecule has 0 saturated heterocycles. The molecular formula is C19H38N2. The van der Waals surface area contributed by atoms with Crippen LogP contribution in [0.15, 0.2) is 24.5 Å². The van der Waals surface area contributed by atoms with Crippen molar-refractivity contribution < 1.29 is 0 Å². The van der Waals surface area contributed by atoms with Gasteiger partial charge in [0.1, 0.15) is 0 Å². The van der Waals surface area contributed by atoms with Crippen molar-refractivity contribution >= 4 is 0 Å². The molecular weight excluding hydrogens is 256 g/mol. The Morgan fingerprint density at radius 1 is 1.10 bits per heavy atom. The summed E-state index contributed by atoms with van der Waals surface area (Å²) in [6, 6.07) is 4.96. The molecule has 2 heteroatoms. The van der Waals surface area contributed by atoms with Crippen LogP contribution in [-0.4, -0.2) is 23.0 Å². The molecule has 0 atom stereocenters. The zero-order valence-corrected chi connectivity index (χ0v) is 14.4. The summed E-state index contributed by atoms with van der Waals surface area (Å²) in [7, 11) is 2.24. The highest BCUT2D eigenvalue weighted by Crippen LogP contribution is 2.27. The van der Waals surface area contributed by atoms with Crippen molar-refractivity contribution in [2.45, 2.75) is 80.3 Å². The van der Waals surface area contributed by atoms with E-state index >= 15 is 0 Å². The largest absolute Gasteiger partial charge is 0.299 e. The van der Waals surface area contributed by atoms with E-state index in [0.29, 0.717) is 0 Å². The van der Waals surface area contributed by atoms with Crippen LogP contribution in [-0.2, 0) is 6.54 Å². The lowest BCUT2D eigenvalue weighted by Gasteiger charge is -2.33. The summed E-state index contributed by atoms with van der Waals surface area (Å²) in [4.78, 5) is 6.66. The van der Waals surface area contributed by atoms with Crippen molar-refractivity contribution in [1.82, 2.24) is 9.88 Å². The van der Waals surface area contributed by atoms with Crippen LogP contribution in [0, 0.1) is 5.92 Å². The second kappa shape index (κ2) is 14.1. The minimum atomic E-state index is 0. The second-order valence-corrected chi connectivity index (χ2v) is 5.19. The lowest BCUT2D eigenvalue weighted by atomic mass is 9.86. The van der Waals surface area contributed by atoms with Crippen molar-refractivity contribution in [1.29, 1.82) is 0 Å². The molecule has 124 valence electrons. The maximum atomic E-state index is 4.17. The van der Waals surface area contributed by atoms with E-state index in [4.69, 9.17) is 0 Å². The molecule has 1 aromatic heterocycles. The number of rotatable bonds is 3. The highest BCUT2D eigenvalue weighted by Gasteiger charge is 2.21. The van der Waals surface area contributed by atoms with Crippen molar-refractivity contribution in [3.8, 4) is 0 Å². The first-order valence-corrected chi connectivity index (χ1v) is 8.35. The van der Waals surface area contributed by atoms with E-state index in [-0.39, 0.29) is 7.43 Å². The van der Waals surface area contributed by atoms with E-state index in [1.54, 1.807) is 0 Å². The molecule has 1 aliphatic carbocycles. The fraction of sp³-hybridized carbons (Fsp3) is 0.737. The van der Waals surface area contributed by atoms with E-state index in [0.717, 1.165) is 18.5 Å². The van der Waals surface area contributed by atoms with Gasteiger partial charge in [-0.15, -0.1) is 0 Å². The zero-order chi connectivity index (χ0) is 15.4. The summed E-state index contributed by atoms with van der Waals surface area (Å²) in [6.45, 7) is 11.4. The molecule has 1 saturated carbocycles. The first-order chi connectivity index (χ1) is 9.75. The highest BCUT2D eigenvalue weighted by molar-refractivity contribution is 5.08. The summed E-state index contributed by atoms with van der Waals surface area (Å²) < 4.78 is 0. The van der Waals surface area contributed by atoms with Gasteiger partial charge in [-0.25, -0.2) is 0 Å². The predicted octanol–water partition coefficient (Wildman–Crippen LogP) is 5.78. The average Bonchev–Trinajstić information content (AvgIpc) is 2.53. The molecule has 0 aromatic carbocycles. The van der Waals surface area contributed by atoms with Crippen LogP contribution in [0.2, 0.25) is 0 Å². The fourth-order valence-electron chi connectivity index (χ4n) is 2.59. The Morgan fingerprint density at radius 3 is 2.14 bits per heavy atom. The molecule has 0 unspecified atom stereocenters. The standard InChI is InChI=1S/C14H22N2.2C2H6.CH4/c1-12-5-7-14(8-6-12)16(2)11-13-4-3-9-15-10-13;2*1-2;/h3-4,9-10,12,14H,5-8,11H2,1-2H3;2*1-2H3;1H4. The fourth-order valence-corrected chi connectivity index (χ4v) is 2.59. The average molecular weight is 295 g/mol. The van der Waals surface area contributed by atoms with Gasteiger partial charge in [0, 0.05) is 25.0 Å². The molecule has 0 amide bonds. The molecule has 2 rings (SSSR count). The highest BCUT2D eigenvalue weighted by atomic mass is 15.1. The molecule has 0 bridgehead atoms. The Kier molecular flexibility index (Phi) is 15.0. The van der Waals surface area contributed by atoms with Crippen LogP contribution < -0.4 is 0 Å². The van der Waals surface area contributed by atoms with Gasteiger partial charge in [0.2, 0.25) is 0 Å². The van der Waals surface area contributed by atoms with Gasteiger partial charge in [-0.05, 0) is 50.3 Å². The van der Waals surface area contributed by atoms with Gasteiger partial charge in [0.05, 0.1) is 0 Å². The summed E-state index contributed by atoms with van der Waals surface area (Å²) >= 11 is 0. The molecule has 1 fully saturated rings. The minimum Gasteiger partial charge on any atom is -0.299 e. The summed E-state index contributed by atoms with van der Waals surface area (Å²) in [6.07, 6.45) is 9.31. The molecule has 1 aliphatic rings. The number of hydrogen-bond donors (Lipinski definition) is 0. The second-order valence-electron chi connectivity index (χ2n) is 5.19. The zero-order valence-electron chi connectivity index (χ0n) is 14.4. The maximum Gasteiger partial charge on any atom is 0.0312 e. The maximum absolute atomic E-state index is 4.17. The lowest BCUT2D eigenvalue weighted by Crippen LogP contribution is -2.34. The van der Waals surface area contributed by atoms with Crippen molar-refractivity contribution in [3.63, 3.8) is 0 Å². The van der Waals surface area contributed by atoms with Gasteiger partial charge >= 0.3 is 0 Å². The van der Waals surface area contributed by atoms with E-state index in [9.17, 15) is 0 Å². The van der Waals surface area contributed by atoms with E-state index in [1.807, 2.05) is 46.2 Å². The van der Waals surface area contributed by atoms with Crippen LogP contribution >= 0.6 is 0 Å². The van der Waals surface area contributed by atoms with Crippen LogP contribution in [0.1, 0.15) is 73.3 Å². The molecule has 0 spiro atoms. The summed E-state index contributed by atoms with van der Waals surface area (Å²) in [5.41, 5.74) is 1.32. The number of hydrogen-bond acceptors (Lipinski definition) is 2. The minimum absolute atomic E-state index is 0. The van der Waals surface area contributed by atoms with Crippen LogP contribution in [0.3, 0.4) is 0 Å². The summed E-state index contributed by atoms with van der Waals surface area (Å²) in [5.74, 6) is 0.933. The van der Waals surface area contributed by atoms with Gasteiger partial charge in [0.25, 0.3) is 0 Å². The van der Waals surface area contributed by atoms with Crippen molar-refractivity contribution in [2.24, 2.45) is 5.92 Å². The number of nitrogens with zero attached hydrogens (tertiary/aromatic N) is 2. The molecule has 0 N–H and O–H groups in total. The first-order valence-electron chi connectivity index (χ1n) is 8.35. The molecule has 21 heavy (non-hydrogen) atoms. The van der Waals surface area contributed by atoms with Crippen LogP contribution in [0.4, 0.5) is 0 Å². The van der Waals surface area contributed by atoms with E-state index < -0.39 is 0 Å². The third-order valence-electron chi connectivity index (χ3n) is 3.76. The number of pyridine rings is 1. The van der Waals surface area contributed by atoms with E-state index in [1.165, 1.54) is 31.2 Å². The van der Waals surface area contributed by atoms with E-state index in [2.05, 4.69) is 29.9 Å². The van der Waals surface area contributed by atoms with Gasteiger partial charge in [-0.1, -0.05) is 48.1 Å². The topological polar surface area (TPSA) is 16.1 Å². The summed E-state index contributed by atoms with van der Waals surface area (Å²) in [5, 5.41) is 0. The smallest absolute Gasteiger partial charge is 0.0312 e. The van der Waals surface area contributed by atoms with Gasteiger partial charge < -0.3 is 0 Å². The first kappa shape index (κ1) is 22.4. The lowest BCUT2D eigenvalue weighted by molar-refractivity contribution is 0.164. The Bertz CT molecular complexity index is 303. The molecule has 0 aliphatic heterocycles. The quantitative estimate of drug-likeness (QED) is 0.702. The predicted molar refractivity (Wildman–Crippen MR) is 96.6 cm³/mol. The van der Waals surface area contributed by atoms with Gasteiger partial charge in [-0.2, -0.15) is 0 Å². The SMILES string of the molecule is C.CC.CC.CC1CCC(N(C)Cc2cccnc2)CC1. The van der Waals surface area contributed by atoms with Gasteiger partial charge in [-0.3, -0.25) is 9.88 Å². The monoisotopic (exact) mass is 294 g/mol. The van der Waals surface area contributed by atoms with Gasteiger partial charge in [0.15, 0.2) is 0 Å². The Hall–Kier alpha value is -0.890. The third-order valence-corrected chi connectivity index (χ3v) is 3.76. The Labute approximate surface area is 134 Å². The Morgan fingerprint density at radius 2 is 1.67 bits per heavy atom. The van der Waals surface area contributed by atoms with Crippen LogP contribution in [0.25, 0.3) is 0 Å². The van der Waals surface area contributed by atoms with Crippen molar-refractivity contribution in [3.05, 3.63) is 30.1 Å². The van der Waals surface area contributed by atoms with Crippen LogP contribution in [0.5, 0.6) is 0 Å². The normalized spacial score (nSPS) is 20.3. The van der Waals surface area contributed by atoms with Crippen molar-refractivity contribution in [2.75, 3.05) is 7.05 Å². The molecule has 1 aromatic rings. The molecule has 1 heterocycles.